The monoisotopic (exact) mass is 311 g/mol. The van der Waals surface area contributed by atoms with Gasteiger partial charge in [0.2, 0.25) is 0 Å². The number of hydrogen-bond donors (Lipinski definition) is 1. The number of benzene rings is 3. The molecule has 0 radical (unpaired) electrons. The van der Waals surface area contributed by atoms with Crippen LogP contribution in [0.1, 0.15) is 17.2 Å². The smallest absolute Gasteiger partial charge is 0.0557 e. The molecule has 0 aliphatic carbocycles. The fourth-order valence-corrected chi connectivity index (χ4v) is 2.64. The Morgan fingerprint density at radius 1 is 0.789 bits per heavy atom. The predicted octanol–water partition coefficient (Wildman–Crippen LogP) is 4.65. The summed E-state index contributed by atoms with van der Waals surface area (Å²) in [5.41, 5.74) is 8.71. The molecule has 0 aliphatic rings. The summed E-state index contributed by atoms with van der Waals surface area (Å²) < 4.78 is 1.07. The first-order chi connectivity index (χ1) is 9.25. The third-order valence-corrected chi connectivity index (χ3v) is 3.92. The lowest BCUT2D eigenvalue weighted by molar-refractivity contribution is 0.880. The minimum atomic E-state index is -0.0980. The summed E-state index contributed by atoms with van der Waals surface area (Å²) in [6, 6.07) is 22.7. The number of rotatable bonds is 2. The van der Waals surface area contributed by atoms with E-state index in [0.29, 0.717) is 0 Å². The average molecular weight is 312 g/mol. The molecule has 3 aromatic rings. The van der Waals surface area contributed by atoms with Gasteiger partial charge < -0.3 is 5.73 Å². The highest BCUT2D eigenvalue weighted by Crippen LogP contribution is 2.27. The minimum absolute atomic E-state index is 0.0980. The third-order valence-electron chi connectivity index (χ3n) is 3.39. The van der Waals surface area contributed by atoms with Crippen LogP contribution in [-0.4, -0.2) is 0 Å². The second-order valence-corrected chi connectivity index (χ2v) is 5.51. The van der Waals surface area contributed by atoms with Crippen molar-refractivity contribution in [2.75, 3.05) is 0 Å². The van der Waals surface area contributed by atoms with Crippen LogP contribution in [0, 0.1) is 0 Å². The summed E-state index contributed by atoms with van der Waals surface area (Å²) >= 11 is 3.45. The molecule has 3 aromatic carbocycles. The van der Waals surface area contributed by atoms with Gasteiger partial charge in [0, 0.05) is 4.47 Å². The van der Waals surface area contributed by atoms with Gasteiger partial charge in [0.25, 0.3) is 0 Å². The van der Waals surface area contributed by atoms with Gasteiger partial charge in [-0.3, -0.25) is 0 Å². The molecule has 0 amide bonds. The van der Waals surface area contributed by atoms with Crippen LogP contribution in [0.4, 0.5) is 0 Å². The van der Waals surface area contributed by atoms with Gasteiger partial charge in [-0.15, -0.1) is 0 Å². The summed E-state index contributed by atoms with van der Waals surface area (Å²) in [6.45, 7) is 0. The molecule has 0 bridgehead atoms. The van der Waals surface area contributed by atoms with Crippen LogP contribution in [0.5, 0.6) is 0 Å². The van der Waals surface area contributed by atoms with Crippen molar-refractivity contribution in [3.63, 3.8) is 0 Å². The minimum Gasteiger partial charge on any atom is -0.320 e. The first kappa shape index (κ1) is 12.4. The van der Waals surface area contributed by atoms with Crippen LogP contribution in [0.15, 0.2) is 71.2 Å². The average Bonchev–Trinajstić information content (AvgIpc) is 2.47. The van der Waals surface area contributed by atoms with E-state index in [0.717, 1.165) is 10.0 Å². The predicted molar refractivity (Wildman–Crippen MR) is 84.1 cm³/mol. The fraction of sp³-hybridized carbons (Fsp3) is 0.0588. The molecule has 0 saturated carbocycles. The topological polar surface area (TPSA) is 26.0 Å². The largest absolute Gasteiger partial charge is 0.320 e. The molecule has 1 nitrogen and oxygen atoms in total. The maximum Gasteiger partial charge on any atom is 0.0557 e. The molecule has 2 heteroatoms. The van der Waals surface area contributed by atoms with Gasteiger partial charge in [-0.05, 0) is 34.0 Å². The lowest BCUT2D eigenvalue weighted by Gasteiger charge is -2.15. The lowest BCUT2D eigenvalue weighted by Crippen LogP contribution is -2.12. The highest BCUT2D eigenvalue weighted by molar-refractivity contribution is 9.10. The Hall–Kier alpha value is -1.64. The highest BCUT2D eigenvalue weighted by atomic mass is 79.9. The molecule has 0 saturated heterocycles. The van der Waals surface area contributed by atoms with Gasteiger partial charge >= 0.3 is 0 Å². The molecular formula is C17H14BrN. The van der Waals surface area contributed by atoms with E-state index in [1.165, 1.54) is 16.3 Å². The Labute approximate surface area is 121 Å². The summed E-state index contributed by atoms with van der Waals surface area (Å²) in [5.74, 6) is 0. The van der Waals surface area contributed by atoms with Crippen LogP contribution in [0.25, 0.3) is 10.8 Å². The van der Waals surface area contributed by atoms with Crippen LogP contribution in [0.3, 0.4) is 0 Å². The fourth-order valence-electron chi connectivity index (χ4n) is 2.37. The highest BCUT2D eigenvalue weighted by Gasteiger charge is 2.11. The van der Waals surface area contributed by atoms with Gasteiger partial charge in [0.05, 0.1) is 6.04 Å². The Morgan fingerprint density at radius 3 is 2.26 bits per heavy atom. The van der Waals surface area contributed by atoms with Crippen LogP contribution in [-0.2, 0) is 0 Å². The molecule has 19 heavy (non-hydrogen) atoms. The van der Waals surface area contributed by atoms with Crippen molar-refractivity contribution in [3.05, 3.63) is 82.3 Å². The maximum atomic E-state index is 6.42. The molecule has 0 aliphatic heterocycles. The zero-order chi connectivity index (χ0) is 13.2. The van der Waals surface area contributed by atoms with Gasteiger partial charge in [0.15, 0.2) is 0 Å². The molecular weight excluding hydrogens is 298 g/mol. The molecule has 3 rings (SSSR count). The van der Waals surface area contributed by atoms with Gasteiger partial charge in [-0.1, -0.05) is 70.5 Å². The molecule has 0 fully saturated rings. The summed E-state index contributed by atoms with van der Waals surface area (Å²) in [7, 11) is 0. The summed E-state index contributed by atoms with van der Waals surface area (Å²) in [6.07, 6.45) is 0. The third kappa shape index (κ3) is 2.42. The van der Waals surface area contributed by atoms with Crippen molar-refractivity contribution in [2.45, 2.75) is 6.04 Å². The Kier molecular flexibility index (Phi) is 3.36. The van der Waals surface area contributed by atoms with E-state index < -0.39 is 0 Å². The van der Waals surface area contributed by atoms with E-state index in [9.17, 15) is 0 Å². The van der Waals surface area contributed by atoms with E-state index in [1.54, 1.807) is 0 Å². The molecule has 1 atom stereocenters. The summed E-state index contributed by atoms with van der Waals surface area (Å²) in [4.78, 5) is 0. The van der Waals surface area contributed by atoms with Gasteiger partial charge in [-0.2, -0.15) is 0 Å². The lowest BCUT2D eigenvalue weighted by atomic mass is 9.94. The Bertz CT molecular complexity index is 699. The van der Waals surface area contributed by atoms with Crippen molar-refractivity contribution in [1.29, 1.82) is 0 Å². The number of hydrogen-bond acceptors (Lipinski definition) is 1. The molecule has 1 unspecified atom stereocenters. The van der Waals surface area contributed by atoms with E-state index >= 15 is 0 Å². The van der Waals surface area contributed by atoms with Crippen molar-refractivity contribution in [2.24, 2.45) is 5.73 Å². The normalized spacial score (nSPS) is 12.5. The second-order valence-electron chi connectivity index (χ2n) is 4.60. The Morgan fingerprint density at radius 2 is 1.47 bits per heavy atom. The molecule has 94 valence electrons. The molecule has 0 heterocycles. The van der Waals surface area contributed by atoms with Crippen molar-refractivity contribution >= 4 is 26.7 Å². The van der Waals surface area contributed by atoms with Crippen LogP contribution >= 0.6 is 15.9 Å². The summed E-state index contributed by atoms with van der Waals surface area (Å²) in [5, 5.41) is 2.45. The second kappa shape index (κ2) is 5.16. The van der Waals surface area contributed by atoms with Gasteiger partial charge in [0.1, 0.15) is 0 Å². The van der Waals surface area contributed by atoms with Crippen molar-refractivity contribution in [3.8, 4) is 0 Å². The van der Waals surface area contributed by atoms with E-state index in [2.05, 4.69) is 70.5 Å². The number of nitrogens with two attached hydrogens (primary N) is 1. The SMILES string of the molecule is NC(c1ccc(Br)cc1)c1cccc2ccccc12. The Balaban J connectivity index is 2.11. The zero-order valence-electron chi connectivity index (χ0n) is 10.4. The van der Waals surface area contributed by atoms with Crippen LogP contribution < -0.4 is 5.73 Å². The molecule has 0 spiro atoms. The maximum absolute atomic E-state index is 6.42. The van der Waals surface area contributed by atoms with E-state index in [1.807, 2.05) is 12.1 Å². The molecule has 2 N–H and O–H groups in total. The first-order valence-electron chi connectivity index (χ1n) is 6.24. The standard InChI is InChI=1S/C17H14BrN/c18-14-10-8-13(9-11-14)17(19)16-7-3-5-12-4-1-2-6-15(12)16/h1-11,17H,19H2. The molecule has 0 aromatic heterocycles. The zero-order valence-corrected chi connectivity index (χ0v) is 12.0. The number of halogens is 1. The van der Waals surface area contributed by atoms with E-state index in [4.69, 9.17) is 5.73 Å². The quantitative estimate of drug-likeness (QED) is 0.732. The first-order valence-corrected chi connectivity index (χ1v) is 7.04. The van der Waals surface area contributed by atoms with Crippen molar-refractivity contribution < 1.29 is 0 Å². The van der Waals surface area contributed by atoms with Crippen molar-refractivity contribution in [1.82, 2.24) is 0 Å². The number of fused-ring (bicyclic) bond motifs is 1. The van der Waals surface area contributed by atoms with E-state index in [-0.39, 0.29) is 6.04 Å². The van der Waals surface area contributed by atoms with Gasteiger partial charge in [-0.25, -0.2) is 0 Å². The van der Waals surface area contributed by atoms with Crippen LogP contribution in [0.2, 0.25) is 0 Å².